The zero-order valence-electron chi connectivity index (χ0n) is 19.3. The molecular formula is C25H25ClN8S. The molecule has 1 atom stereocenters. The van der Waals surface area contributed by atoms with E-state index in [9.17, 15) is 0 Å². The summed E-state index contributed by atoms with van der Waals surface area (Å²) in [4.78, 5) is 26.0. The second kappa shape index (κ2) is 8.58. The number of nitrogen functional groups attached to an aromatic ring is 1. The molecule has 35 heavy (non-hydrogen) atoms. The van der Waals surface area contributed by atoms with Crippen molar-refractivity contribution in [1.29, 1.82) is 0 Å². The van der Waals surface area contributed by atoms with Crippen LogP contribution in [-0.4, -0.2) is 38.0 Å². The highest BCUT2D eigenvalue weighted by Gasteiger charge is 2.46. The van der Waals surface area contributed by atoms with Gasteiger partial charge in [0.15, 0.2) is 5.65 Å². The minimum atomic E-state index is 0.0415. The van der Waals surface area contributed by atoms with Gasteiger partial charge in [-0.2, -0.15) is 0 Å². The molecule has 4 aromatic heterocycles. The molecule has 2 aliphatic rings. The standard InChI is InChI=1S/C25H25ClN8S/c1-14-2-3-15-17(31-14)12-25(22(15)27)7-10-34(11-8-25)19-13-30-24-16(32-19)4-5-20(33-24)35-18-6-9-29-23(28)21(18)26/h2-6,9,13,22H,7-8,10-12,27H2,1H3,(H2,28,29)/t22-/m1/s1. The van der Waals surface area contributed by atoms with Gasteiger partial charge in [0.25, 0.3) is 0 Å². The lowest BCUT2D eigenvalue weighted by Gasteiger charge is -2.42. The summed E-state index contributed by atoms with van der Waals surface area (Å²) in [6.45, 7) is 3.83. The van der Waals surface area contributed by atoms with Crippen molar-refractivity contribution < 1.29 is 0 Å². The molecular weight excluding hydrogens is 480 g/mol. The van der Waals surface area contributed by atoms with Crippen LogP contribution in [0.4, 0.5) is 11.6 Å². The summed E-state index contributed by atoms with van der Waals surface area (Å²) in [6.07, 6.45) is 6.42. The average Bonchev–Trinajstić information content (AvgIpc) is 3.12. The molecule has 4 N–H and O–H groups in total. The predicted molar refractivity (Wildman–Crippen MR) is 139 cm³/mol. The number of nitrogens with two attached hydrogens (primary N) is 2. The largest absolute Gasteiger partial charge is 0.382 e. The number of piperidine rings is 1. The van der Waals surface area contributed by atoms with Crippen molar-refractivity contribution in [3.05, 3.63) is 64.7 Å². The third-order valence-corrected chi connectivity index (χ3v) is 8.71. The molecule has 5 heterocycles. The van der Waals surface area contributed by atoms with Gasteiger partial charge >= 0.3 is 0 Å². The summed E-state index contributed by atoms with van der Waals surface area (Å²) in [5, 5.41) is 1.20. The molecule has 0 unspecified atom stereocenters. The number of anilines is 2. The molecule has 1 aliphatic heterocycles. The quantitative estimate of drug-likeness (QED) is 0.419. The second-order valence-electron chi connectivity index (χ2n) is 9.32. The van der Waals surface area contributed by atoms with Crippen molar-refractivity contribution in [2.45, 2.75) is 42.1 Å². The maximum Gasteiger partial charge on any atom is 0.179 e. The van der Waals surface area contributed by atoms with E-state index >= 15 is 0 Å². The van der Waals surface area contributed by atoms with Gasteiger partial charge < -0.3 is 16.4 Å². The Labute approximate surface area is 212 Å². The molecule has 0 amide bonds. The summed E-state index contributed by atoms with van der Waals surface area (Å²) < 4.78 is 0. The molecule has 178 valence electrons. The van der Waals surface area contributed by atoms with Crippen LogP contribution >= 0.6 is 23.4 Å². The topological polar surface area (TPSA) is 120 Å². The van der Waals surface area contributed by atoms with Gasteiger partial charge in [0.05, 0.1) is 11.2 Å². The Kier molecular flexibility index (Phi) is 5.51. The maximum atomic E-state index is 6.74. The highest BCUT2D eigenvalue weighted by atomic mass is 35.5. The van der Waals surface area contributed by atoms with E-state index in [1.165, 1.54) is 23.0 Å². The lowest BCUT2D eigenvalue weighted by molar-refractivity contribution is 0.186. The van der Waals surface area contributed by atoms with Gasteiger partial charge in [0, 0.05) is 41.6 Å². The number of hydrogen-bond acceptors (Lipinski definition) is 9. The lowest BCUT2D eigenvalue weighted by Crippen LogP contribution is -2.44. The zero-order valence-corrected chi connectivity index (χ0v) is 20.9. The molecule has 1 saturated heterocycles. The highest BCUT2D eigenvalue weighted by Crippen LogP contribution is 2.50. The van der Waals surface area contributed by atoms with Crippen molar-refractivity contribution in [2.24, 2.45) is 11.1 Å². The van der Waals surface area contributed by atoms with E-state index in [1.54, 1.807) is 6.20 Å². The molecule has 1 spiro atoms. The molecule has 0 bridgehead atoms. The minimum Gasteiger partial charge on any atom is -0.382 e. The fourth-order valence-corrected chi connectivity index (χ4v) is 6.25. The van der Waals surface area contributed by atoms with E-state index in [4.69, 9.17) is 33.0 Å². The van der Waals surface area contributed by atoms with Crippen LogP contribution in [0, 0.1) is 12.3 Å². The first-order chi connectivity index (χ1) is 16.9. The molecule has 4 aromatic rings. The predicted octanol–water partition coefficient (Wildman–Crippen LogP) is 4.35. The molecule has 1 aliphatic carbocycles. The molecule has 8 nitrogen and oxygen atoms in total. The normalized spacial score (nSPS) is 18.8. The van der Waals surface area contributed by atoms with Gasteiger partial charge in [-0.3, -0.25) is 4.98 Å². The monoisotopic (exact) mass is 504 g/mol. The van der Waals surface area contributed by atoms with Gasteiger partial charge in [-0.1, -0.05) is 29.4 Å². The van der Waals surface area contributed by atoms with E-state index in [2.05, 4.69) is 32.0 Å². The molecule has 0 aromatic carbocycles. The van der Waals surface area contributed by atoms with Gasteiger partial charge in [-0.15, -0.1) is 0 Å². The Hall–Kier alpha value is -3.01. The van der Waals surface area contributed by atoms with Crippen LogP contribution in [0.1, 0.15) is 35.8 Å². The Balaban J connectivity index is 1.18. The van der Waals surface area contributed by atoms with Gasteiger partial charge in [-0.05, 0) is 61.4 Å². The zero-order chi connectivity index (χ0) is 24.2. The number of aromatic nitrogens is 5. The van der Waals surface area contributed by atoms with Crippen molar-refractivity contribution in [2.75, 3.05) is 23.7 Å². The molecule has 0 radical (unpaired) electrons. The van der Waals surface area contributed by atoms with Crippen molar-refractivity contribution >= 4 is 46.2 Å². The average molecular weight is 505 g/mol. The first kappa shape index (κ1) is 22.5. The number of aryl methyl sites for hydroxylation is 1. The van der Waals surface area contributed by atoms with Crippen LogP contribution in [0.15, 0.2) is 52.6 Å². The van der Waals surface area contributed by atoms with E-state index in [-0.39, 0.29) is 11.5 Å². The van der Waals surface area contributed by atoms with Crippen LogP contribution in [0.2, 0.25) is 5.02 Å². The van der Waals surface area contributed by atoms with Crippen molar-refractivity contribution in [3.8, 4) is 0 Å². The van der Waals surface area contributed by atoms with Crippen LogP contribution < -0.4 is 16.4 Å². The SMILES string of the molecule is Cc1ccc2c(n1)CC1(CCN(c3cnc4nc(Sc5ccnc(N)c5Cl)ccc4n3)CC1)[C@@H]2N. The van der Waals surface area contributed by atoms with Gasteiger partial charge in [-0.25, -0.2) is 19.9 Å². The molecule has 10 heteroatoms. The Morgan fingerprint density at radius 2 is 1.89 bits per heavy atom. The highest BCUT2D eigenvalue weighted by molar-refractivity contribution is 7.99. The van der Waals surface area contributed by atoms with Crippen LogP contribution in [0.5, 0.6) is 0 Å². The first-order valence-electron chi connectivity index (χ1n) is 11.6. The van der Waals surface area contributed by atoms with Gasteiger partial charge in [0.2, 0.25) is 0 Å². The first-order valence-corrected chi connectivity index (χ1v) is 12.8. The third kappa shape index (κ3) is 3.97. The van der Waals surface area contributed by atoms with Crippen LogP contribution in [0.25, 0.3) is 11.2 Å². The van der Waals surface area contributed by atoms with Crippen LogP contribution in [0.3, 0.4) is 0 Å². The second-order valence-corrected chi connectivity index (χ2v) is 10.8. The number of nitrogens with zero attached hydrogens (tertiary/aromatic N) is 6. The smallest absolute Gasteiger partial charge is 0.179 e. The van der Waals surface area contributed by atoms with E-state index in [0.29, 0.717) is 16.5 Å². The van der Waals surface area contributed by atoms with Crippen LogP contribution in [-0.2, 0) is 6.42 Å². The summed E-state index contributed by atoms with van der Waals surface area (Å²) in [5.74, 6) is 1.18. The third-order valence-electron chi connectivity index (χ3n) is 7.21. The van der Waals surface area contributed by atoms with E-state index in [0.717, 1.165) is 59.3 Å². The Morgan fingerprint density at radius 1 is 1.06 bits per heavy atom. The fourth-order valence-electron chi connectivity index (χ4n) is 5.21. The summed E-state index contributed by atoms with van der Waals surface area (Å²) >= 11 is 7.70. The number of halogens is 1. The number of fused-ring (bicyclic) bond motifs is 2. The fraction of sp³-hybridized carbons (Fsp3) is 0.320. The number of hydrogen-bond donors (Lipinski definition) is 2. The Morgan fingerprint density at radius 3 is 2.71 bits per heavy atom. The molecule has 0 saturated carbocycles. The van der Waals surface area contributed by atoms with Gasteiger partial charge in [0.1, 0.15) is 22.2 Å². The minimum absolute atomic E-state index is 0.0415. The maximum absolute atomic E-state index is 6.74. The molecule has 1 fully saturated rings. The van der Waals surface area contributed by atoms with E-state index < -0.39 is 0 Å². The number of rotatable bonds is 3. The Bertz CT molecular complexity index is 1440. The van der Waals surface area contributed by atoms with Crippen molar-refractivity contribution in [1.82, 2.24) is 24.9 Å². The van der Waals surface area contributed by atoms with Crippen molar-refractivity contribution in [3.63, 3.8) is 0 Å². The summed E-state index contributed by atoms with van der Waals surface area (Å²) in [5.41, 5.74) is 17.4. The van der Waals surface area contributed by atoms with E-state index in [1.807, 2.05) is 31.3 Å². The lowest BCUT2D eigenvalue weighted by atomic mass is 9.73. The number of pyridine rings is 3. The molecule has 6 rings (SSSR count). The summed E-state index contributed by atoms with van der Waals surface area (Å²) in [6, 6.07) is 9.96. The summed E-state index contributed by atoms with van der Waals surface area (Å²) in [7, 11) is 0.